The number of carbonyl (C=O) groups is 3. The summed E-state index contributed by atoms with van der Waals surface area (Å²) in [6, 6.07) is 10.9. The van der Waals surface area contributed by atoms with Crippen LogP contribution in [0.25, 0.3) is 11.1 Å². The zero-order chi connectivity index (χ0) is 25.4. The number of halogens is 2. The number of rotatable bonds is 10. The Morgan fingerprint density at radius 1 is 1.20 bits per heavy atom. The van der Waals surface area contributed by atoms with Gasteiger partial charge in [0.15, 0.2) is 6.10 Å². The van der Waals surface area contributed by atoms with Crippen molar-refractivity contribution in [2.24, 2.45) is 0 Å². The van der Waals surface area contributed by atoms with Gasteiger partial charge in [-0.2, -0.15) is 5.21 Å². The zero-order valence-corrected chi connectivity index (χ0v) is 19.0. The van der Waals surface area contributed by atoms with Gasteiger partial charge in [0, 0.05) is 24.1 Å². The summed E-state index contributed by atoms with van der Waals surface area (Å²) in [7, 11) is 0. The molecule has 3 aromatic rings. The third-order valence-corrected chi connectivity index (χ3v) is 4.74. The highest BCUT2D eigenvalue weighted by molar-refractivity contribution is 6.30. The van der Waals surface area contributed by atoms with Crippen LogP contribution in [0.5, 0.6) is 0 Å². The van der Waals surface area contributed by atoms with Crippen molar-refractivity contribution in [1.29, 1.82) is 0 Å². The van der Waals surface area contributed by atoms with Crippen LogP contribution >= 0.6 is 11.6 Å². The minimum absolute atomic E-state index is 0.0240. The Kier molecular flexibility index (Phi) is 8.78. The lowest BCUT2D eigenvalue weighted by molar-refractivity contribution is -0.173. The van der Waals surface area contributed by atoms with E-state index in [0.29, 0.717) is 21.7 Å². The van der Waals surface area contributed by atoms with Crippen LogP contribution in [0.1, 0.15) is 23.1 Å². The van der Waals surface area contributed by atoms with Crippen LogP contribution in [-0.2, 0) is 25.6 Å². The quantitative estimate of drug-likeness (QED) is 0.207. The number of amides is 1. The molecule has 1 atom stereocenters. The number of ether oxygens (including phenoxy) is 2. The molecule has 0 saturated heterocycles. The number of nitrogens with one attached hydrogen (secondary N) is 2. The molecule has 184 valence electrons. The second kappa shape index (κ2) is 12.0. The highest BCUT2D eigenvalue weighted by atomic mass is 35.5. The number of esters is 2. The number of carbonyl (C=O) groups excluding carboxylic acids is 3. The van der Waals surface area contributed by atoms with E-state index in [1.54, 1.807) is 24.3 Å². The second-order valence-corrected chi connectivity index (χ2v) is 7.55. The van der Waals surface area contributed by atoms with Crippen molar-refractivity contribution in [1.82, 2.24) is 31.1 Å². The molecule has 35 heavy (non-hydrogen) atoms. The molecule has 14 heteroatoms. The summed E-state index contributed by atoms with van der Waals surface area (Å²) >= 11 is 5.96. The van der Waals surface area contributed by atoms with Crippen LogP contribution in [0.4, 0.5) is 4.39 Å². The van der Waals surface area contributed by atoms with Crippen molar-refractivity contribution in [3.8, 4) is 11.1 Å². The average Bonchev–Trinajstić information content (AvgIpc) is 3.36. The summed E-state index contributed by atoms with van der Waals surface area (Å²) in [4.78, 5) is 35.1. The molecule has 0 aliphatic carbocycles. The molecule has 0 bridgehead atoms. The summed E-state index contributed by atoms with van der Waals surface area (Å²) in [6.45, 7) is 0.0941. The number of hydrogen-bond acceptors (Lipinski definition) is 10. The molecule has 0 aliphatic heterocycles. The molecule has 0 spiro atoms. The van der Waals surface area contributed by atoms with Crippen LogP contribution in [0.3, 0.4) is 0 Å². The van der Waals surface area contributed by atoms with Crippen LogP contribution in [0.15, 0.2) is 42.5 Å². The maximum Gasteiger partial charge on any atom is 0.339 e. The maximum atomic E-state index is 14.2. The maximum absolute atomic E-state index is 14.2. The molecule has 0 fully saturated rings. The Balaban J connectivity index is 1.72. The van der Waals surface area contributed by atoms with Gasteiger partial charge in [-0.3, -0.25) is 15.0 Å². The van der Waals surface area contributed by atoms with E-state index >= 15 is 0 Å². The number of nitrogens with zero attached hydrogens (tertiary/aromatic N) is 4. The van der Waals surface area contributed by atoms with Gasteiger partial charge in [-0.1, -0.05) is 35.9 Å². The minimum atomic E-state index is -1.70. The Hall–Kier alpha value is -3.94. The normalized spacial score (nSPS) is 11.7. The van der Waals surface area contributed by atoms with Gasteiger partial charge in [0.1, 0.15) is 5.82 Å². The molecule has 1 aromatic heterocycles. The fourth-order valence-corrected chi connectivity index (χ4v) is 3.05. The summed E-state index contributed by atoms with van der Waals surface area (Å²) in [5.41, 5.74) is 4.00. The molecule has 1 unspecified atom stereocenters. The van der Waals surface area contributed by atoms with Gasteiger partial charge in [-0.15, -0.1) is 10.2 Å². The summed E-state index contributed by atoms with van der Waals surface area (Å²) in [5, 5.41) is 24.4. The van der Waals surface area contributed by atoms with Gasteiger partial charge in [-0.25, -0.2) is 14.2 Å². The van der Waals surface area contributed by atoms with Crippen molar-refractivity contribution in [2.75, 3.05) is 13.3 Å². The first-order valence-corrected chi connectivity index (χ1v) is 10.4. The van der Waals surface area contributed by atoms with Gasteiger partial charge in [0.05, 0.1) is 6.54 Å². The Morgan fingerprint density at radius 2 is 1.94 bits per heavy atom. The SMILES string of the molecule is CC(=O)OCOC(=O)C(O)CN(Cc1ccc(-c2cc(Cl)ccc2F)cc1)NC(=O)c1nn[nH]n1. The molecular formula is C21H20ClFN6O6. The van der Waals surface area contributed by atoms with E-state index in [4.69, 9.17) is 11.6 Å². The van der Waals surface area contributed by atoms with Gasteiger partial charge in [0.2, 0.25) is 6.79 Å². The fraction of sp³-hybridized carbons (Fsp3) is 0.238. The van der Waals surface area contributed by atoms with Crippen LogP contribution in [0.2, 0.25) is 5.02 Å². The number of H-pyrrole nitrogens is 1. The highest BCUT2D eigenvalue weighted by Crippen LogP contribution is 2.26. The lowest BCUT2D eigenvalue weighted by Crippen LogP contribution is -2.48. The van der Waals surface area contributed by atoms with Crippen molar-refractivity contribution in [3.05, 3.63) is 64.7 Å². The molecule has 0 aliphatic rings. The van der Waals surface area contributed by atoms with Gasteiger partial charge >= 0.3 is 17.8 Å². The lowest BCUT2D eigenvalue weighted by atomic mass is 10.0. The Bertz CT molecular complexity index is 1180. The molecule has 12 nitrogen and oxygen atoms in total. The van der Waals surface area contributed by atoms with E-state index < -0.39 is 43.1 Å². The monoisotopic (exact) mass is 506 g/mol. The van der Waals surface area contributed by atoms with E-state index in [2.05, 4.69) is 35.5 Å². The van der Waals surface area contributed by atoms with Crippen LogP contribution in [-0.4, -0.2) is 68.0 Å². The summed E-state index contributed by atoms with van der Waals surface area (Å²) in [5.74, 6) is -3.20. The smallest absolute Gasteiger partial charge is 0.339 e. The molecule has 3 N–H and O–H groups in total. The van der Waals surface area contributed by atoms with Crippen molar-refractivity contribution >= 4 is 29.4 Å². The number of aliphatic hydroxyl groups excluding tert-OH is 1. The van der Waals surface area contributed by atoms with E-state index in [9.17, 15) is 23.9 Å². The van der Waals surface area contributed by atoms with Gasteiger partial charge < -0.3 is 14.6 Å². The summed E-state index contributed by atoms with van der Waals surface area (Å²) in [6.07, 6.45) is -1.70. The molecule has 1 heterocycles. The number of aliphatic hydroxyl groups is 1. The van der Waals surface area contributed by atoms with Crippen molar-refractivity contribution in [2.45, 2.75) is 19.6 Å². The fourth-order valence-electron chi connectivity index (χ4n) is 2.88. The number of tetrazole rings is 1. The Labute approximate surface area is 202 Å². The topological polar surface area (TPSA) is 160 Å². The minimum Gasteiger partial charge on any atom is -0.428 e. The van der Waals surface area contributed by atoms with Gasteiger partial charge in [-0.05, 0) is 34.5 Å². The van der Waals surface area contributed by atoms with Gasteiger partial charge in [0.25, 0.3) is 5.82 Å². The van der Waals surface area contributed by atoms with E-state index in [-0.39, 0.29) is 12.4 Å². The van der Waals surface area contributed by atoms with Crippen LogP contribution in [0, 0.1) is 5.82 Å². The molecule has 3 rings (SSSR count). The largest absolute Gasteiger partial charge is 0.428 e. The van der Waals surface area contributed by atoms with E-state index in [0.717, 1.165) is 6.92 Å². The van der Waals surface area contributed by atoms with Crippen molar-refractivity contribution in [3.63, 3.8) is 0 Å². The number of hydrogen-bond donors (Lipinski definition) is 3. The predicted octanol–water partition coefficient (Wildman–Crippen LogP) is 1.23. The first-order chi connectivity index (χ1) is 16.7. The lowest BCUT2D eigenvalue weighted by Gasteiger charge is -2.24. The third kappa shape index (κ3) is 7.53. The third-order valence-electron chi connectivity index (χ3n) is 4.50. The molecule has 0 radical (unpaired) electrons. The Morgan fingerprint density at radius 3 is 2.60 bits per heavy atom. The number of hydrazine groups is 1. The average molecular weight is 507 g/mol. The predicted molar refractivity (Wildman–Crippen MR) is 118 cm³/mol. The van der Waals surface area contributed by atoms with Crippen molar-refractivity contribution < 1.29 is 33.4 Å². The second-order valence-electron chi connectivity index (χ2n) is 7.11. The first kappa shape index (κ1) is 25.7. The van der Waals surface area contributed by atoms with E-state index in [1.807, 2.05) is 0 Å². The highest BCUT2D eigenvalue weighted by Gasteiger charge is 2.24. The first-order valence-electron chi connectivity index (χ1n) is 10.0. The summed E-state index contributed by atoms with van der Waals surface area (Å²) < 4.78 is 23.3. The molecule has 0 saturated carbocycles. The zero-order valence-electron chi connectivity index (χ0n) is 18.3. The van der Waals surface area contributed by atoms with E-state index in [1.165, 1.54) is 23.2 Å². The van der Waals surface area contributed by atoms with Crippen LogP contribution < -0.4 is 5.43 Å². The number of aromatic amines is 1. The number of benzene rings is 2. The molecule has 1 amide bonds. The standard InChI is InChI=1S/C21H20ClFN6O6/c1-12(30)34-11-35-21(33)18(31)10-29(26-20(32)19-24-27-28-25-19)9-13-2-4-14(5-3-13)16-8-15(22)6-7-17(16)23/h2-8,18,31H,9-11H2,1H3,(H,26,32)(H,24,25,27,28). The number of aromatic nitrogens is 4. The molecular weight excluding hydrogens is 487 g/mol. The molecule has 2 aromatic carbocycles.